The van der Waals surface area contributed by atoms with Crippen molar-refractivity contribution in [3.8, 4) is 11.3 Å². The van der Waals surface area contributed by atoms with Crippen LogP contribution in [0.4, 0.5) is 10.2 Å². The number of hydrogen-bond acceptors (Lipinski definition) is 6. The van der Waals surface area contributed by atoms with E-state index in [4.69, 9.17) is 17.3 Å². The smallest absolute Gasteiger partial charge is 0.254 e. The number of aliphatic hydroxyl groups is 2. The van der Waals surface area contributed by atoms with Crippen LogP contribution in [0.1, 0.15) is 54.1 Å². The van der Waals surface area contributed by atoms with Gasteiger partial charge in [0.15, 0.2) is 0 Å². The predicted octanol–water partition coefficient (Wildman–Crippen LogP) is 3.92. The molecule has 2 aromatic rings. The number of halogens is 2. The third-order valence-corrected chi connectivity index (χ3v) is 7.21. The highest BCUT2D eigenvalue weighted by Gasteiger charge is 2.26. The van der Waals surface area contributed by atoms with Crippen molar-refractivity contribution in [2.24, 2.45) is 11.8 Å². The molecule has 1 heterocycles. The molecule has 1 fully saturated rings. The van der Waals surface area contributed by atoms with Crippen molar-refractivity contribution in [3.05, 3.63) is 64.7 Å². The van der Waals surface area contributed by atoms with Crippen LogP contribution in [0.2, 0.25) is 0 Å². The highest BCUT2D eigenvalue weighted by molar-refractivity contribution is 6.29. The van der Waals surface area contributed by atoms with Crippen molar-refractivity contribution < 1.29 is 19.4 Å². The number of anilines is 1. The number of nitrogens with one attached hydrogen (secondary N) is 1. The maximum atomic E-state index is 15.0. The molecule has 2 aliphatic rings. The van der Waals surface area contributed by atoms with Gasteiger partial charge in [-0.1, -0.05) is 29.8 Å². The molecule has 1 saturated carbocycles. The second-order valence-electron chi connectivity index (χ2n) is 9.25. The molecule has 9 heteroatoms. The Labute approximate surface area is 208 Å². The van der Waals surface area contributed by atoms with E-state index in [9.17, 15) is 15.0 Å². The summed E-state index contributed by atoms with van der Waals surface area (Å²) in [4.78, 5) is 21.7. The van der Waals surface area contributed by atoms with Gasteiger partial charge in [-0.15, -0.1) is 0 Å². The van der Waals surface area contributed by atoms with E-state index in [1.54, 1.807) is 24.4 Å². The number of rotatable bonds is 7. The molecular formula is C26H30ClFN4O3. The van der Waals surface area contributed by atoms with Crippen LogP contribution in [0, 0.1) is 17.7 Å². The zero-order chi connectivity index (χ0) is 24.9. The van der Waals surface area contributed by atoms with Gasteiger partial charge < -0.3 is 21.3 Å². The summed E-state index contributed by atoms with van der Waals surface area (Å²) in [6.07, 6.45) is 11.2. The Kier molecular flexibility index (Phi) is 8.15. The van der Waals surface area contributed by atoms with Gasteiger partial charge in [0, 0.05) is 29.0 Å². The molecule has 4 rings (SSSR count). The number of allylic oxidation sites excluding steroid dienone is 3. The maximum Gasteiger partial charge on any atom is 0.254 e. The van der Waals surface area contributed by atoms with Gasteiger partial charge in [0.2, 0.25) is 0 Å². The summed E-state index contributed by atoms with van der Waals surface area (Å²) in [5.74, 6) is -0.803. The number of nitrogens with two attached hydrogens (primary N) is 1. The van der Waals surface area contributed by atoms with Crippen molar-refractivity contribution in [3.63, 3.8) is 0 Å². The Balaban J connectivity index is 1.50. The average molecular weight is 501 g/mol. The minimum absolute atomic E-state index is 0.140. The Morgan fingerprint density at radius 3 is 2.69 bits per heavy atom. The molecule has 0 bridgehead atoms. The standard InChI is InChI=1S/C26H30ClFN4O3/c27-19-3-1-2-17(10-19)23(14-34)32-26(35)20-9-8-18(11-21(20)28)24-25(29)30-12-22(31-24)16-6-4-15(13-33)5-7-16/h1-3,8-9,11-12,15-17,23,33-34H,4-7,10,13-14H2,(H2,29,30)(H,32,35)/t15?,16?,17?,23-/m1/s1. The number of nitrogens with zero attached hydrogens (tertiary/aromatic N) is 2. The monoisotopic (exact) mass is 500 g/mol. The van der Waals surface area contributed by atoms with E-state index < -0.39 is 17.8 Å². The van der Waals surface area contributed by atoms with Crippen LogP contribution in [0.5, 0.6) is 0 Å². The minimum atomic E-state index is -0.719. The maximum absolute atomic E-state index is 15.0. The predicted molar refractivity (Wildman–Crippen MR) is 133 cm³/mol. The van der Waals surface area contributed by atoms with Gasteiger partial charge in [0.05, 0.1) is 30.1 Å². The molecule has 5 N–H and O–H groups in total. The first-order chi connectivity index (χ1) is 16.9. The van der Waals surface area contributed by atoms with Gasteiger partial charge in [-0.2, -0.15) is 0 Å². The minimum Gasteiger partial charge on any atom is -0.396 e. The van der Waals surface area contributed by atoms with Crippen LogP contribution in [-0.4, -0.2) is 45.3 Å². The van der Waals surface area contributed by atoms with Crippen LogP contribution in [0.25, 0.3) is 11.3 Å². The van der Waals surface area contributed by atoms with E-state index in [0.29, 0.717) is 28.6 Å². The molecule has 1 aromatic heterocycles. The Bertz CT molecular complexity index is 1130. The second kappa shape index (κ2) is 11.3. The van der Waals surface area contributed by atoms with Crippen LogP contribution < -0.4 is 11.1 Å². The van der Waals surface area contributed by atoms with Crippen molar-refractivity contribution in [2.45, 2.75) is 44.1 Å². The SMILES string of the molecule is Nc1ncc(C2CCC(CO)CC2)nc1-c1ccc(C(=O)N[C@H](CO)C2C=CC=C(Cl)C2)c(F)c1. The number of carbonyl (C=O) groups excluding carboxylic acids is 1. The molecule has 2 atom stereocenters. The van der Waals surface area contributed by atoms with Gasteiger partial charge in [-0.25, -0.2) is 14.4 Å². The number of carbonyl (C=O) groups is 1. The molecule has 0 aliphatic heterocycles. The Hall–Kier alpha value is -2.81. The Morgan fingerprint density at radius 1 is 1.26 bits per heavy atom. The summed E-state index contributed by atoms with van der Waals surface area (Å²) in [6.45, 7) is -0.102. The fourth-order valence-corrected chi connectivity index (χ4v) is 5.03. The van der Waals surface area contributed by atoms with Crippen LogP contribution in [0.15, 0.2) is 47.7 Å². The van der Waals surface area contributed by atoms with Gasteiger partial charge in [0.1, 0.15) is 17.3 Å². The molecule has 7 nitrogen and oxygen atoms in total. The fourth-order valence-electron chi connectivity index (χ4n) is 4.78. The number of hydrogen-bond donors (Lipinski definition) is 4. The first kappa shape index (κ1) is 25.3. The highest BCUT2D eigenvalue weighted by atomic mass is 35.5. The summed E-state index contributed by atoms with van der Waals surface area (Å²) in [5, 5.41) is 22.5. The molecular weight excluding hydrogens is 471 g/mol. The fraction of sp³-hybridized carbons (Fsp3) is 0.423. The van der Waals surface area contributed by atoms with Crippen LogP contribution >= 0.6 is 11.6 Å². The number of benzene rings is 1. The normalized spacial score (nSPS) is 23.0. The lowest BCUT2D eigenvalue weighted by Crippen LogP contribution is -2.43. The van der Waals surface area contributed by atoms with Crippen LogP contribution in [0.3, 0.4) is 0 Å². The second-order valence-corrected chi connectivity index (χ2v) is 9.74. The molecule has 186 valence electrons. The third kappa shape index (κ3) is 5.89. The van der Waals surface area contributed by atoms with Crippen molar-refractivity contribution in [2.75, 3.05) is 18.9 Å². The Morgan fingerprint density at radius 2 is 2.03 bits per heavy atom. The molecule has 0 spiro atoms. The number of amides is 1. The zero-order valence-corrected chi connectivity index (χ0v) is 20.1. The first-order valence-corrected chi connectivity index (χ1v) is 12.2. The molecule has 0 saturated heterocycles. The average Bonchev–Trinajstić information content (AvgIpc) is 2.87. The molecule has 1 aromatic carbocycles. The summed E-state index contributed by atoms with van der Waals surface area (Å²) in [6, 6.07) is 3.62. The summed E-state index contributed by atoms with van der Waals surface area (Å²) in [7, 11) is 0. The van der Waals surface area contributed by atoms with Gasteiger partial charge in [0.25, 0.3) is 5.91 Å². The van der Waals surface area contributed by atoms with Crippen LogP contribution in [-0.2, 0) is 0 Å². The number of nitrogen functional groups attached to an aromatic ring is 1. The number of aliphatic hydroxyl groups excluding tert-OH is 2. The highest BCUT2D eigenvalue weighted by Crippen LogP contribution is 2.36. The van der Waals surface area contributed by atoms with E-state index >= 15 is 4.39 Å². The lowest BCUT2D eigenvalue weighted by Gasteiger charge is -2.27. The molecule has 1 amide bonds. The van der Waals surface area contributed by atoms with Gasteiger partial charge in [-0.05, 0) is 56.2 Å². The van der Waals surface area contributed by atoms with E-state index in [1.165, 1.54) is 12.1 Å². The number of aromatic nitrogens is 2. The third-order valence-electron chi connectivity index (χ3n) is 6.93. The van der Waals surface area contributed by atoms with Crippen molar-refractivity contribution >= 4 is 23.3 Å². The lowest BCUT2D eigenvalue weighted by molar-refractivity contribution is 0.0895. The topological polar surface area (TPSA) is 121 Å². The molecule has 2 aliphatic carbocycles. The quantitative estimate of drug-likeness (QED) is 0.457. The lowest BCUT2D eigenvalue weighted by atomic mass is 9.81. The van der Waals surface area contributed by atoms with E-state index in [-0.39, 0.29) is 36.4 Å². The van der Waals surface area contributed by atoms with Gasteiger partial charge in [-0.3, -0.25) is 4.79 Å². The van der Waals surface area contributed by atoms with E-state index in [1.807, 2.05) is 6.08 Å². The zero-order valence-electron chi connectivity index (χ0n) is 19.3. The molecule has 35 heavy (non-hydrogen) atoms. The summed E-state index contributed by atoms with van der Waals surface area (Å²) in [5.41, 5.74) is 7.53. The molecule has 1 unspecified atom stereocenters. The van der Waals surface area contributed by atoms with Gasteiger partial charge >= 0.3 is 0 Å². The summed E-state index contributed by atoms with van der Waals surface area (Å²) < 4.78 is 15.0. The van der Waals surface area contributed by atoms with E-state index in [2.05, 4.69) is 15.3 Å². The summed E-state index contributed by atoms with van der Waals surface area (Å²) >= 11 is 6.08. The van der Waals surface area contributed by atoms with Crippen molar-refractivity contribution in [1.29, 1.82) is 0 Å². The van der Waals surface area contributed by atoms with E-state index in [0.717, 1.165) is 31.4 Å². The first-order valence-electron chi connectivity index (χ1n) is 11.9. The van der Waals surface area contributed by atoms with Crippen molar-refractivity contribution in [1.82, 2.24) is 15.3 Å². The molecule has 0 radical (unpaired) electrons. The largest absolute Gasteiger partial charge is 0.396 e.